The molecule has 0 saturated heterocycles. The molecule has 0 bridgehead atoms. The Bertz CT molecular complexity index is 534. The molecule has 2 aromatic carbocycles. The Morgan fingerprint density at radius 2 is 1.41 bits per heavy atom. The van der Waals surface area contributed by atoms with Crippen LogP contribution in [0.3, 0.4) is 0 Å². The monoisotopic (exact) mass is 233 g/mol. The fraction of sp³-hybridized carbons (Fsp3) is 0. The van der Waals surface area contributed by atoms with Crippen LogP contribution in [0.2, 0.25) is 0 Å². The molecule has 2 aromatic rings. The molecule has 5 heteroatoms. The Morgan fingerprint density at radius 3 is 1.94 bits per heavy atom. The summed E-state index contributed by atoms with van der Waals surface area (Å²) in [5.41, 5.74) is 6.61. The predicted molar refractivity (Wildman–Crippen MR) is 63.6 cm³/mol. The number of aliphatic carboxylic acids is 2. The molecule has 0 unspecified atom stereocenters. The molecular formula is C12H11NO4. The number of fused-ring (bicyclic) bond motifs is 1. The zero-order chi connectivity index (χ0) is 12.8. The maximum atomic E-state index is 9.10. The predicted octanol–water partition coefficient (Wildman–Crippen LogP) is 1.58. The van der Waals surface area contributed by atoms with Crippen molar-refractivity contribution in [3.8, 4) is 0 Å². The van der Waals surface area contributed by atoms with Crippen LogP contribution in [0.5, 0.6) is 0 Å². The minimum atomic E-state index is -1.82. The average molecular weight is 233 g/mol. The molecule has 0 atom stereocenters. The largest absolute Gasteiger partial charge is 0.473 e. The van der Waals surface area contributed by atoms with Crippen molar-refractivity contribution in [1.82, 2.24) is 0 Å². The quantitative estimate of drug-likeness (QED) is 0.473. The van der Waals surface area contributed by atoms with Crippen LogP contribution in [-0.4, -0.2) is 22.2 Å². The molecule has 0 aliphatic rings. The third-order valence-electron chi connectivity index (χ3n) is 2.01. The summed E-state index contributed by atoms with van der Waals surface area (Å²) in [6.45, 7) is 0. The minimum Gasteiger partial charge on any atom is -0.473 e. The summed E-state index contributed by atoms with van der Waals surface area (Å²) < 4.78 is 0. The first-order chi connectivity index (χ1) is 8.02. The number of hydrogen-bond donors (Lipinski definition) is 3. The molecule has 0 aliphatic carbocycles. The van der Waals surface area contributed by atoms with Gasteiger partial charge in [0.1, 0.15) is 0 Å². The summed E-state index contributed by atoms with van der Waals surface area (Å²) >= 11 is 0. The molecule has 0 fully saturated rings. The Hall–Kier alpha value is -2.56. The van der Waals surface area contributed by atoms with Crippen molar-refractivity contribution in [2.75, 3.05) is 5.73 Å². The summed E-state index contributed by atoms with van der Waals surface area (Å²) in [6.07, 6.45) is 0. The molecule has 5 nitrogen and oxygen atoms in total. The van der Waals surface area contributed by atoms with Gasteiger partial charge >= 0.3 is 11.9 Å². The SMILES string of the molecule is Nc1cccc2ccccc12.O=C(O)C(=O)O. The van der Waals surface area contributed by atoms with Gasteiger partial charge in [0.05, 0.1) is 0 Å². The molecule has 2 rings (SSSR count). The number of nitrogens with two attached hydrogens (primary N) is 1. The molecular weight excluding hydrogens is 222 g/mol. The van der Waals surface area contributed by atoms with Crippen LogP contribution in [0.15, 0.2) is 42.5 Å². The number of carboxylic acids is 2. The topological polar surface area (TPSA) is 101 Å². The summed E-state index contributed by atoms with van der Waals surface area (Å²) in [5, 5.41) is 17.1. The number of hydrogen-bond acceptors (Lipinski definition) is 3. The molecule has 88 valence electrons. The summed E-state index contributed by atoms with van der Waals surface area (Å²) in [4.78, 5) is 18.2. The number of anilines is 1. The summed E-state index contributed by atoms with van der Waals surface area (Å²) in [6, 6.07) is 14.1. The van der Waals surface area contributed by atoms with Gasteiger partial charge in [-0.3, -0.25) is 0 Å². The van der Waals surface area contributed by atoms with E-state index in [4.69, 9.17) is 25.5 Å². The number of carboxylic acid groups (broad SMARTS) is 2. The van der Waals surface area contributed by atoms with Crippen molar-refractivity contribution in [2.24, 2.45) is 0 Å². The smallest absolute Gasteiger partial charge is 0.414 e. The third kappa shape index (κ3) is 3.49. The highest BCUT2D eigenvalue weighted by Crippen LogP contribution is 2.19. The maximum Gasteiger partial charge on any atom is 0.414 e. The van der Waals surface area contributed by atoms with E-state index in [0.29, 0.717) is 0 Å². The van der Waals surface area contributed by atoms with Gasteiger partial charge in [-0.15, -0.1) is 0 Å². The number of rotatable bonds is 0. The molecule has 0 aromatic heterocycles. The Balaban J connectivity index is 0.000000209. The van der Waals surface area contributed by atoms with Crippen LogP contribution in [0.1, 0.15) is 0 Å². The van der Waals surface area contributed by atoms with Crippen molar-refractivity contribution in [1.29, 1.82) is 0 Å². The van der Waals surface area contributed by atoms with Crippen LogP contribution >= 0.6 is 0 Å². The van der Waals surface area contributed by atoms with Gasteiger partial charge in [0.15, 0.2) is 0 Å². The first-order valence-corrected chi connectivity index (χ1v) is 4.72. The molecule has 0 spiro atoms. The van der Waals surface area contributed by atoms with Crippen molar-refractivity contribution in [3.05, 3.63) is 42.5 Å². The lowest BCUT2D eigenvalue weighted by molar-refractivity contribution is -0.159. The van der Waals surface area contributed by atoms with Crippen LogP contribution in [0.25, 0.3) is 10.8 Å². The molecule has 17 heavy (non-hydrogen) atoms. The second-order valence-corrected chi connectivity index (χ2v) is 3.18. The fourth-order valence-corrected chi connectivity index (χ4v) is 1.25. The number of benzene rings is 2. The van der Waals surface area contributed by atoms with Gasteiger partial charge in [0, 0.05) is 11.1 Å². The lowest BCUT2D eigenvalue weighted by Gasteiger charge is -1.98. The zero-order valence-corrected chi connectivity index (χ0v) is 8.83. The lowest BCUT2D eigenvalue weighted by atomic mass is 10.1. The van der Waals surface area contributed by atoms with E-state index in [0.717, 1.165) is 11.1 Å². The van der Waals surface area contributed by atoms with E-state index >= 15 is 0 Å². The second-order valence-electron chi connectivity index (χ2n) is 3.18. The van der Waals surface area contributed by atoms with Gasteiger partial charge in [-0.1, -0.05) is 36.4 Å². The highest BCUT2D eigenvalue weighted by Gasteiger charge is 2.04. The van der Waals surface area contributed by atoms with Crippen molar-refractivity contribution in [2.45, 2.75) is 0 Å². The van der Waals surface area contributed by atoms with Gasteiger partial charge in [-0.25, -0.2) is 9.59 Å². The first-order valence-electron chi connectivity index (χ1n) is 4.72. The van der Waals surface area contributed by atoms with Crippen molar-refractivity contribution >= 4 is 28.4 Å². The first kappa shape index (κ1) is 12.5. The lowest BCUT2D eigenvalue weighted by Crippen LogP contribution is -2.09. The van der Waals surface area contributed by atoms with Crippen LogP contribution in [-0.2, 0) is 9.59 Å². The van der Waals surface area contributed by atoms with Gasteiger partial charge in [-0.2, -0.15) is 0 Å². The second kappa shape index (κ2) is 5.50. The van der Waals surface area contributed by atoms with E-state index < -0.39 is 11.9 Å². The summed E-state index contributed by atoms with van der Waals surface area (Å²) in [7, 11) is 0. The van der Waals surface area contributed by atoms with E-state index in [-0.39, 0.29) is 0 Å². The molecule has 0 saturated carbocycles. The number of carbonyl (C=O) groups is 2. The van der Waals surface area contributed by atoms with E-state index in [1.165, 1.54) is 5.39 Å². The van der Waals surface area contributed by atoms with E-state index in [1.807, 2.05) is 30.3 Å². The molecule has 0 aliphatic heterocycles. The van der Waals surface area contributed by atoms with Crippen molar-refractivity contribution < 1.29 is 19.8 Å². The Morgan fingerprint density at radius 1 is 0.882 bits per heavy atom. The highest BCUT2D eigenvalue weighted by atomic mass is 16.4. The molecule has 0 radical (unpaired) electrons. The summed E-state index contributed by atoms with van der Waals surface area (Å²) in [5.74, 6) is -3.65. The van der Waals surface area contributed by atoms with Gasteiger partial charge < -0.3 is 15.9 Å². The van der Waals surface area contributed by atoms with Crippen LogP contribution < -0.4 is 5.73 Å². The maximum absolute atomic E-state index is 9.10. The van der Waals surface area contributed by atoms with E-state index in [1.54, 1.807) is 0 Å². The Labute approximate surface area is 97.1 Å². The molecule has 0 amide bonds. The highest BCUT2D eigenvalue weighted by molar-refractivity contribution is 6.27. The standard InChI is InChI=1S/C10H9N.C2H2O4/c11-10-7-3-5-8-4-1-2-6-9(8)10;3-1(4)2(5)6/h1-7H,11H2;(H,3,4)(H,5,6). The zero-order valence-electron chi connectivity index (χ0n) is 8.83. The van der Waals surface area contributed by atoms with E-state index in [9.17, 15) is 0 Å². The van der Waals surface area contributed by atoms with Crippen LogP contribution in [0, 0.1) is 0 Å². The molecule has 0 heterocycles. The van der Waals surface area contributed by atoms with Crippen molar-refractivity contribution in [3.63, 3.8) is 0 Å². The minimum absolute atomic E-state index is 0.850. The van der Waals surface area contributed by atoms with Crippen LogP contribution in [0.4, 0.5) is 5.69 Å². The number of nitrogen functional groups attached to an aromatic ring is 1. The fourth-order valence-electron chi connectivity index (χ4n) is 1.25. The normalized spacial score (nSPS) is 9.18. The average Bonchev–Trinajstić information content (AvgIpc) is 2.30. The third-order valence-corrected chi connectivity index (χ3v) is 2.01. The van der Waals surface area contributed by atoms with E-state index in [2.05, 4.69) is 12.1 Å². The Kier molecular flexibility index (Phi) is 4.05. The van der Waals surface area contributed by atoms with Gasteiger partial charge in [0.25, 0.3) is 0 Å². The van der Waals surface area contributed by atoms with Gasteiger partial charge in [-0.05, 0) is 11.5 Å². The molecule has 4 N–H and O–H groups in total. The van der Waals surface area contributed by atoms with Gasteiger partial charge in [0.2, 0.25) is 0 Å².